The second-order valence-corrected chi connectivity index (χ2v) is 15.6. The summed E-state index contributed by atoms with van der Waals surface area (Å²) in [5.41, 5.74) is -3.65. The largest absolute Gasteiger partial charge is 0.458 e. The van der Waals surface area contributed by atoms with Gasteiger partial charge in [0.2, 0.25) is 0 Å². The summed E-state index contributed by atoms with van der Waals surface area (Å²) in [6.07, 6.45) is -1.78. The van der Waals surface area contributed by atoms with Crippen LogP contribution in [0, 0.1) is 29.1 Å². The standard InChI is InChI=1S/C36H58N2O10/c1-13-15-44-35(8)17-19(3)29(41)34(7)18-38(12)25-28(34)36(9,48-32(25)43)24(14-2)46-31(42)22(6)26(39)21(5)30(35)47-33-27(40)23(37(10)11)16-20(4)45-33/h13,19-25,27-28,30,33,40H,1,14-18H2,2-12H3/t19-,20-,21+,22-,23+,24-,25?,27-,28?,30-,33+,34?,35+,36-/m1/s1. The molecule has 0 aromatic rings. The van der Waals surface area contributed by atoms with E-state index in [0.717, 1.165) is 0 Å². The second-order valence-electron chi connectivity index (χ2n) is 15.6. The van der Waals surface area contributed by atoms with Crippen molar-refractivity contribution < 1.29 is 48.0 Å². The fourth-order valence-electron chi connectivity index (χ4n) is 9.29. The number of esters is 2. The molecule has 14 atom stereocenters. The van der Waals surface area contributed by atoms with E-state index in [1.165, 1.54) is 6.92 Å². The first-order valence-corrected chi connectivity index (χ1v) is 17.4. The monoisotopic (exact) mass is 678 g/mol. The van der Waals surface area contributed by atoms with Gasteiger partial charge in [-0.3, -0.25) is 24.1 Å². The van der Waals surface area contributed by atoms with E-state index in [1.807, 2.05) is 51.6 Å². The predicted octanol–water partition coefficient (Wildman–Crippen LogP) is 2.78. The Morgan fingerprint density at radius 3 is 2.31 bits per heavy atom. The number of nitrogens with zero attached hydrogens (tertiary/aromatic N) is 2. The Hall–Kier alpha value is -2.22. The van der Waals surface area contributed by atoms with Crippen LogP contribution in [0.2, 0.25) is 0 Å². The number of hydrogen-bond acceptors (Lipinski definition) is 12. The van der Waals surface area contributed by atoms with Crippen LogP contribution in [0.1, 0.15) is 74.7 Å². The second kappa shape index (κ2) is 14.2. The van der Waals surface area contributed by atoms with Crippen LogP contribution in [0.15, 0.2) is 12.7 Å². The number of aliphatic hydroxyl groups is 1. The van der Waals surface area contributed by atoms with E-state index < -0.39 is 88.7 Å². The van der Waals surface area contributed by atoms with Crippen molar-refractivity contribution in [3.05, 3.63) is 12.7 Å². The van der Waals surface area contributed by atoms with Gasteiger partial charge in [0.1, 0.15) is 30.0 Å². The fraction of sp³-hybridized carbons (Fsp3) is 0.833. The molecule has 12 nitrogen and oxygen atoms in total. The third kappa shape index (κ3) is 6.65. The maximum atomic E-state index is 14.8. The molecule has 0 aromatic heterocycles. The number of likely N-dealkylation sites (tertiary alicyclic amines) is 1. The van der Waals surface area contributed by atoms with E-state index in [2.05, 4.69) is 6.58 Å². The van der Waals surface area contributed by atoms with Crippen molar-refractivity contribution in [2.24, 2.45) is 29.1 Å². The SMILES string of the molecule is C=CCO[C@@]1(C)C[C@@H](C)C(=O)C2(C)CN(C)C3C(=O)O[C@@](C)(C32)[C@@H](CC)OC(=O)[C@H](C)C(=O)[C@H](C)[C@H]1O[C@@H]1O[C@H](C)C[C@H](N(C)C)[C@H]1O. The van der Waals surface area contributed by atoms with Crippen molar-refractivity contribution in [3.8, 4) is 0 Å². The molecular weight excluding hydrogens is 620 g/mol. The lowest BCUT2D eigenvalue weighted by Crippen LogP contribution is -2.60. The first-order chi connectivity index (χ1) is 22.3. The van der Waals surface area contributed by atoms with Crippen molar-refractivity contribution in [1.29, 1.82) is 0 Å². The van der Waals surface area contributed by atoms with Gasteiger partial charge in [-0.15, -0.1) is 6.58 Å². The zero-order valence-corrected chi connectivity index (χ0v) is 30.7. The maximum Gasteiger partial charge on any atom is 0.324 e. The molecule has 4 heterocycles. The highest BCUT2D eigenvalue weighted by molar-refractivity contribution is 6.00. The van der Waals surface area contributed by atoms with Crippen LogP contribution >= 0.6 is 0 Å². The molecule has 4 fully saturated rings. The van der Waals surface area contributed by atoms with E-state index in [-0.39, 0.29) is 31.0 Å². The Bertz CT molecular complexity index is 1260. The Morgan fingerprint density at radius 1 is 1.08 bits per heavy atom. The zero-order chi connectivity index (χ0) is 36.1. The Balaban J connectivity index is 1.86. The molecule has 272 valence electrons. The summed E-state index contributed by atoms with van der Waals surface area (Å²) in [6.45, 7) is 18.3. The van der Waals surface area contributed by atoms with Crippen LogP contribution in [-0.4, -0.2) is 127 Å². The van der Waals surface area contributed by atoms with E-state index in [0.29, 0.717) is 19.4 Å². The van der Waals surface area contributed by atoms with Crippen LogP contribution in [0.4, 0.5) is 0 Å². The van der Waals surface area contributed by atoms with Crippen molar-refractivity contribution in [2.45, 2.75) is 129 Å². The maximum absolute atomic E-state index is 14.8. The zero-order valence-electron chi connectivity index (χ0n) is 30.7. The predicted molar refractivity (Wildman–Crippen MR) is 177 cm³/mol. The summed E-state index contributed by atoms with van der Waals surface area (Å²) in [4.78, 5) is 60.0. The van der Waals surface area contributed by atoms with Gasteiger partial charge in [-0.25, -0.2) is 0 Å². The number of carbonyl (C=O) groups excluding carboxylic acids is 4. The molecule has 0 amide bonds. The van der Waals surface area contributed by atoms with Crippen molar-refractivity contribution >= 4 is 23.5 Å². The van der Waals surface area contributed by atoms with E-state index in [1.54, 1.807) is 33.9 Å². The molecule has 4 aliphatic rings. The normalized spacial score (nSPS) is 46.2. The molecule has 0 aromatic carbocycles. The molecule has 0 saturated carbocycles. The molecule has 0 spiro atoms. The molecular formula is C36H58N2O10. The minimum atomic E-state index is -1.30. The van der Waals surface area contributed by atoms with Gasteiger partial charge >= 0.3 is 11.9 Å². The highest BCUT2D eigenvalue weighted by Crippen LogP contribution is 2.55. The van der Waals surface area contributed by atoms with Crippen molar-refractivity contribution in [3.63, 3.8) is 0 Å². The third-order valence-corrected chi connectivity index (χ3v) is 11.6. The number of ketones is 2. The summed E-state index contributed by atoms with van der Waals surface area (Å²) in [7, 11) is 5.55. The number of carbonyl (C=O) groups is 4. The average molecular weight is 679 g/mol. The summed E-state index contributed by atoms with van der Waals surface area (Å²) in [5.74, 6) is -5.18. The average Bonchev–Trinajstić information content (AvgIpc) is 3.47. The molecule has 4 saturated heterocycles. The van der Waals surface area contributed by atoms with Gasteiger partial charge in [0.15, 0.2) is 17.7 Å². The van der Waals surface area contributed by atoms with E-state index in [4.69, 9.17) is 23.7 Å². The van der Waals surface area contributed by atoms with Crippen LogP contribution in [0.3, 0.4) is 0 Å². The molecule has 0 aliphatic carbocycles. The Labute approximate surface area is 285 Å². The summed E-state index contributed by atoms with van der Waals surface area (Å²) >= 11 is 0. The van der Waals surface area contributed by atoms with Crippen LogP contribution in [-0.2, 0) is 42.9 Å². The molecule has 0 radical (unpaired) electrons. The van der Waals surface area contributed by atoms with Gasteiger partial charge in [0.25, 0.3) is 0 Å². The molecule has 12 heteroatoms. The lowest BCUT2D eigenvalue weighted by atomic mass is 9.62. The number of ether oxygens (including phenoxy) is 5. The van der Waals surface area contributed by atoms with Crippen LogP contribution in [0.5, 0.6) is 0 Å². The smallest absolute Gasteiger partial charge is 0.324 e. The first-order valence-electron chi connectivity index (χ1n) is 17.4. The van der Waals surface area contributed by atoms with Gasteiger partial charge in [-0.2, -0.15) is 0 Å². The number of likely N-dealkylation sites (N-methyl/N-ethyl adjacent to an activating group) is 2. The van der Waals surface area contributed by atoms with E-state index >= 15 is 0 Å². The third-order valence-electron chi connectivity index (χ3n) is 11.6. The number of rotatable bonds is 7. The Kier molecular flexibility index (Phi) is 11.4. The molecule has 4 aliphatic heterocycles. The van der Waals surface area contributed by atoms with Crippen molar-refractivity contribution in [1.82, 2.24) is 9.80 Å². The number of aliphatic hydroxyl groups excluding tert-OH is 1. The number of hydrogen-bond donors (Lipinski definition) is 1. The van der Waals surface area contributed by atoms with Gasteiger partial charge in [-0.05, 0) is 68.1 Å². The summed E-state index contributed by atoms with van der Waals surface area (Å²) < 4.78 is 31.4. The van der Waals surface area contributed by atoms with Gasteiger partial charge < -0.3 is 33.7 Å². The minimum absolute atomic E-state index is 0.0872. The molecule has 0 bridgehead atoms. The van der Waals surface area contributed by atoms with Gasteiger partial charge in [-0.1, -0.05) is 33.8 Å². The minimum Gasteiger partial charge on any atom is -0.458 e. The first kappa shape index (κ1) is 38.6. The summed E-state index contributed by atoms with van der Waals surface area (Å²) in [5, 5.41) is 11.4. The lowest BCUT2D eigenvalue weighted by molar-refractivity contribution is -0.296. The van der Waals surface area contributed by atoms with Gasteiger partial charge in [0, 0.05) is 35.8 Å². The number of Topliss-reactive ketones (excluding diaryl/α,β-unsaturated/α-hetero) is 2. The molecule has 4 rings (SSSR count). The van der Waals surface area contributed by atoms with Crippen LogP contribution < -0.4 is 0 Å². The highest BCUT2D eigenvalue weighted by Gasteiger charge is 2.70. The fourth-order valence-corrected chi connectivity index (χ4v) is 9.29. The van der Waals surface area contributed by atoms with E-state index in [9.17, 15) is 24.3 Å². The topological polar surface area (TPSA) is 141 Å². The van der Waals surface area contributed by atoms with Crippen LogP contribution in [0.25, 0.3) is 0 Å². The number of cyclic esters (lactones) is 1. The van der Waals surface area contributed by atoms with Crippen molar-refractivity contribution in [2.75, 3.05) is 34.3 Å². The molecule has 3 unspecified atom stereocenters. The van der Waals surface area contributed by atoms with Gasteiger partial charge in [0.05, 0.1) is 24.4 Å². The molecule has 1 N–H and O–H groups in total. The molecule has 48 heavy (non-hydrogen) atoms. The Morgan fingerprint density at radius 2 is 1.73 bits per heavy atom. The highest BCUT2D eigenvalue weighted by atomic mass is 16.7. The lowest BCUT2D eigenvalue weighted by Gasteiger charge is -2.48. The summed E-state index contributed by atoms with van der Waals surface area (Å²) in [6, 6.07) is -0.978. The quantitative estimate of drug-likeness (QED) is 0.241.